The molecule has 3 heterocycles. The smallest absolute Gasteiger partial charge is 0.244 e. The molecule has 0 aromatic carbocycles. The number of hydrogen-bond acceptors (Lipinski definition) is 5. The highest BCUT2D eigenvalue weighted by Gasteiger charge is 2.17. The number of fused-ring (bicyclic) bond motifs is 1. The van der Waals surface area contributed by atoms with Crippen molar-refractivity contribution in [3.8, 4) is 0 Å². The average molecular weight is 383 g/mol. The molecule has 6 nitrogen and oxygen atoms in total. The summed E-state index contributed by atoms with van der Waals surface area (Å²) in [5.74, 6) is 0.631. The molecule has 0 amide bonds. The van der Waals surface area contributed by atoms with Crippen molar-refractivity contribution in [1.82, 2.24) is 18.7 Å². The van der Waals surface area contributed by atoms with E-state index < -0.39 is 10.0 Å². The predicted molar refractivity (Wildman–Crippen MR) is 94.9 cm³/mol. The molecule has 0 saturated carbocycles. The summed E-state index contributed by atoms with van der Waals surface area (Å²) in [6, 6.07) is 6.92. The monoisotopic (exact) mass is 382 g/mol. The van der Waals surface area contributed by atoms with Gasteiger partial charge in [0.25, 0.3) is 0 Å². The van der Waals surface area contributed by atoms with Gasteiger partial charge < -0.3 is 4.40 Å². The molecule has 0 N–H and O–H groups in total. The highest BCUT2D eigenvalue weighted by molar-refractivity contribution is 7.98. The van der Waals surface area contributed by atoms with Gasteiger partial charge in [0.2, 0.25) is 10.0 Å². The molecule has 0 fully saturated rings. The van der Waals surface area contributed by atoms with Crippen molar-refractivity contribution in [2.45, 2.75) is 15.7 Å². The van der Waals surface area contributed by atoms with Crippen LogP contribution in [0.15, 0.2) is 52.8 Å². The van der Waals surface area contributed by atoms with Gasteiger partial charge in [0.1, 0.15) is 10.5 Å². The highest BCUT2D eigenvalue weighted by Crippen LogP contribution is 2.23. The topological polar surface area (TPSA) is 67.6 Å². The second-order valence-electron chi connectivity index (χ2n) is 5.25. The van der Waals surface area contributed by atoms with E-state index in [9.17, 15) is 8.42 Å². The van der Waals surface area contributed by atoms with E-state index in [-0.39, 0.29) is 4.90 Å². The number of halogens is 1. The van der Waals surface area contributed by atoms with Crippen LogP contribution in [0.4, 0.5) is 0 Å². The number of pyridine rings is 2. The third-order valence-corrected chi connectivity index (χ3v) is 6.32. The summed E-state index contributed by atoms with van der Waals surface area (Å²) in [5.41, 5.74) is 1.73. The Kier molecular flexibility index (Phi) is 4.82. The fourth-order valence-electron chi connectivity index (χ4n) is 2.05. The van der Waals surface area contributed by atoms with Crippen molar-refractivity contribution in [2.75, 3.05) is 14.1 Å². The maximum Gasteiger partial charge on any atom is 0.244 e. The Morgan fingerprint density at radius 3 is 2.67 bits per heavy atom. The number of nitrogens with zero attached hydrogens (tertiary/aromatic N) is 4. The van der Waals surface area contributed by atoms with Crippen LogP contribution >= 0.6 is 23.4 Å². The average Bonchev–Trinajstić information content (AvgIpc) is 2.95. The second kappa shape index (κ2) is 6.72. The van der Waals surface area contributed by atoms with E-state index in [1.165, 1.54) is 36.4 Å². The molecule has 0 atom stereocenters. The van der Waals surface area contributed by atoms with Crippen molar-refractivity contribution >= 4 is 39.0 Å². The molecule has 0 saturated heterocycles. The fraction of sp³-hybridized carbons (Fsp3) is 0.200. The molecular weight excluding hydrogens is 368 g/mol. The van der Waals surface area contributed by atoms with Crippen molar-refractivity contribution in [3.05, 3.63) is 53.6 Å². The first-order valence-corrected chi connectivity index (χ1v) is 9.81. The van der Waals surface area contributed by atoms with Crippen LogP contribution < -0.4 is 0 Å². The fourth-order valence-corrected chi connectivity index (χ4v) is 3.79. The number of rotatable bonds is 5. The van der Waals surface area contributed by atoms with Crippen LogP contribution in [0.2, 0.25) is 5.02 Å². The Morgan fingerprint density at radius 2 is 2.00 bits per heavy atom. The zero-order valence-corrected chi connectivity index (χ0v) is 15.4. The lowest BCUT2D eigenvalue weighted by Gasteiger charge is -2.10. The van der Waals surface area contributed by atoms with Gasteiger partial charge in [0.15, 0.2) is 0 Å². The van der Waals surface area contributed by atoms with Crippen LogP contribution in [0.5, 0.6) is 0 Å². The minimum absolute atomic E-state index is 0.180. The Bertz CT molecular complexity index is 969. The molecule has 24 heavy (non-hydrogen) atoms. The van der Waals surface area contributed by atoms with Gasteiger partial charge in [-0.2, -0.15) is 0 Å². The molecule has 0 aliphatic rings. The maximum atomic E-state index is 12.0. The lowest BCUT2D eigenvalue weighted by atomic mass is 10.5. The highest BCUT2D eigenvalue weighted by atomic mass is 35.5. The summed E-state index contributed by atoms with van der Waals surface area (Å²) in [6.45, 7) is 0. The molecule has 3 aromatic heterocycles. The quantitative estimate of drug-likeness (QED) is 0.634. The van der Waals surface area contributed by atoms with Gasteiger partial charge in [-0.15, -0.1) is 0 Å². The van der Waals surface area contributed by atoms with E-state index in [0.717, 1.165) is 16.4 Å². The van der Waals surface area contributed by atoms with Crippen molar-refractivity contribution in [1.29, 1.82) is 0 Å². The lowest BCUT2D eigenvalue weighted by Crippen LogP contribution is -2.22. The molecule has 0 spiro atoms. The van der Waals surface area contributed by atoms with Crippen LogP contribution in [-0.4, -0.2) is 41.2 Å². The number of hydrogen-bond donors (Lipinski definition) is 0. The van der Waals surface area contributed by atoms with Crippen LogP contribution in [0, 0.1) is 0 Å². The van der Waals surface area contributed by atoms with E-state index in [1.54, 1.807) is 24.4 Å². The normalized spacial score (nSPS) is 12.2. The predicted octanol–water partition coefficient (Wildman–Crippen LogP) is 2.93. The summed E-state index contributed by atoms with van der Waals surface area (Å²) in [4.78, 5) is 8.89. The number of sulfonamides is 1. The van der Waals surface area contributed by atoms with Gasteiger partial charge in [0.05, 0.1) is 15.7 Å². The van der Waals surface area contributed by atoms with Crippen LogP contribution in [-0.2, 0) is 15.8 Å². The molecule has 0 aliphatic carbocycles. The number of imidazole rings is 1. The summed E-state index contributed by atoms with van der Waals surface area (Å²) in [5, 5.41) is 1.39. The molecule has 3 rings (SSSR count). The van der Waals surface area contributed by atoms with E-state index >= 15 is 0 Å². The molecule has 0 unspecified atom stereocenters. The number of thioether (sulfide) groups is 1. The van der Waals surface area contributed by atoms with Gasteiger partial charge in [0, 0.05) is 38.4 Å². The van der Waals surface area contributed by atoms with Gasteiger partial charge >= 0.3 is 0 Å². The van der Waals surface area contributed by atoms with Crippen molar-refractivity contribution < 1.29 is 8.42 Å². The van der Waals surface area contributed by atoms with E-state index in [1.807, 2.05) is 16.7 Å². The van der Waals surface area contributed by atoms with Gasteiger partial charge in [-0.25, -0.2) is 22.7 Å². The van der Waals surface area contributed by atoms with Gasteiger partial charge in [-0.05, 0) is 24.3 Å². The van der Waals surface area contributed by atoms with Crippen molar-refractivity contribution in [2.24, 2.45) is 0 Å². The molecule has 0 aliphatic heterocycles. The molecule has 126 valence electrons. The first kappa shape index (κ1) is 17.2. The summed E-state index contributed by atoms with van der Waals surface area (Å²) >= 11 is 7.45. The number of aromatic nitrogens is 3. The molecule has 0 radical (unpaired) electrons. The van der Waals surface area contributed by atoms with Crippen LogP contribution in [0.1, 0.15) is 5.69 Å². The zero-order chi connectivity index (χ0) is 17.3. The first-order valence-electron chi connectivity index (χ1n) is 7.01. The SMILES string of the molecule is CN(C)S(=O)(=O)c1ccc(SCc2cn3cc(Cl)ccc3n2)nc1. The Balaban J connectivity index is 1.72. The summed E-state index contributed by atoms with van der Waals surface area (Å²) in [7, 11) is -0.461. The second-order valence-corrected chi connectivity index (χ2v) is 8.84. The Morgan fingerprint density at radius 1 is 1.21 bits per heavy atom. The van der Waals surface area contributed by atoms with Gasteiger partial charge in [-0.3, -0.25) is 0 Å². The van der Waals surface area contributed by atoms with E-state index in [2.05, 4.69) is 9.97 Å². The summed E-state index contributed by atoms with van der Waals surface area (Å²) in [6.07, 6.45) is 5.09. The van der Waals surface area contributed by atoms with E-state index in [0.29, 0.717) is 10.8 Å². The minimum atomic E-state index is -3.45. The first-order chi connectivity index (χ1) is 11.4. The summed E-state index contributed by atoms with van der Waals surface area (Å²) < 4.78 is 27.0. The largest absolute Gasteiger partial charge is 0.305 e. The third kappa shape index (κ3) is 3.56. The van der Waals surface area contributed by atoms with Gasteiger partial charge in [-0.1, -0.05) is 23.4 Å². The maximum absolute atomic E-state index is 12.0. The molecular formula is C15H15ClN4O2S2. The third-order valence-electron chi connectivity index (χ3n) is 3.32. The Labute approximate surface area is 149 Å². The minimum Gasteiger partial charge on any atom is -0.305 e. The van der Waals surface area contributed by atoms with Crippen molar-refractivity contribution in [3.63, 3.8) is 0 Å². The zero-order valence-electron chi connectivity index (χ0n) is 13.0. The van der Waals surface area contributed by atoms with Crippen LogP contribution in [0.25, 0.3) is 5.65 Å². The lowest BCUT2D eigenvalue weighted by molar-refractivity contribution is 0.520. The van der Waals surface area contributed by atoms with Crippen LogP contribution in [0.3, 0.4) is 0 Å². The molecule has 9 heteroatoms. The Hall–Kier alpha value is -1.61. The molecule has 0 bridgehead atoms. The standard InChI is InChI=1S/C15H15ClN4O2S2/c1-19(2)24(21,22)13-4-6-15(17-7-13)23-10-12-9-20-8-11(16)3-5-14(20)18-12/h3-9H,10H2,1-2H3. The molecule has 3 aromatic rings. The van der Waals surface area contributed by atoms with E-state index in [4.69, 9.17) is 11.6 Å².